The van der Waals surface area contributed by atoms with Crippen molar-refractivity contribution in [2.24, 2.45) is 5.73 Å². The number of aryl methyl sites for hydroxylation is 1. The third-order valence-corrected chi connectivity index (χ3v) is 4.08. The van der Waals surface area contributed by atoms with Gasteiger partial charge in [-0.1, -0.05) is 5.16 Å². The van der Waals surface area contributed by atoms with Gasteiger partial charge in [0.15, 0.2) is 5.82 Å². The summed E-state index contributed by atoms with van der Waals surface area (Å²) in [5, 5.41) is 6.44. The standard InChI is InChI=1S/C16H18FN5O3/c1-9-19-15(25-21-9)10-3-2-6-22(8-10)16(24)20-11-4-5-13(17)12(7-11)14(18)23/h4-5,7,10H,2-3,6,8H2,1H3,(H2,18,23)(H,20,24)/t10-/m0/s1. The number of benzene rings is 1. The molecule has 0 bridgehead atoms. The van der Waals surface area contributed by atoms with Gasteiger partial charge in [-0.25, -0.2) is 9.18 Å². The Balaban J connectivity index is 1.68. The minimum atomic E-state index is -0.890. The molecule has 3 amide bonds. The number of hydrogen-bond donors (Lipinski definition) is 2. The molecule has 1 aliphatic rings. The van der Waals surface area contributed by atoms with Gasteiger partial charge in [-0.2, -0.15) is 4.98 Å². The average molecular weight is 347 g/mol. The topological polar surface area (TPSA) is 114 Å². The molecule has 0 aliphatic carbocycles. The normalized spacial score (nSPS) is 17.4. The molecule has 8 nitrogen and oxygen atoms in total. The number of carbonyl (C=O) groups excluding carboxylic acids is 2. The van der Waals surface area contributed by atoms with E-state index in [-0.39, 0.29) is 17.5 Å². The van der Waals surface area contributed by atoms with Gasteiger partial charge in [0.05, 0.1) is 11.5 Å². The summed E-state index contributed by atoms with van der Waals surface area (Å²) in [5.74, 6) is -0.557. The molecule has 1 fully saturated rings. The molecule has 1 saturated heterocycles. The zero-order valence-corrected chi connectivity index (χ0v) is 13.7. The maximum absolute atomic E-state index is 13.5. The highest BCUT2D eigenvalue weighted by Gasteiger charge is 2.28. The Kier molecular flexibility index (Phi) is 4.64. The van der Waals surface area contributed by atoms with E-state index in [4.69, 9.17) is 10.3 Å². The predicted octanol–water partition coefficient (Wildman–Crippen LogP) is 2.03. The van der Waals surface area contributed by atoms with E-state index in [0.29, 0.717) is 30.5 Å². The lowest BCUT2D eigenvalue weighted by atomic mass is 9.98. The van der Waals surface area contributed by atoms with Crippen LogP contribution in [0.1, 0.15) is 40.8 Å². The summed E-state index contributed by atoms with van der Waals surface area (Å²) < 4.78 is 18.7. The Hall–Kier alpha value is -2.97. The van der Waals surface area contributed by atoms with Crippen LogP contribution in [-0.4, -0.2) is 40.1 Å². The number of anilines is 1. The van der Waals surface area contributed by atoms with Gasteiger partial charge in [0, 0.05) is 18.8 Å². The van der Waals surface area contributed by atoms with Crippen molar-refractivity contribution >= 4 is 17.6 Å². The molecule has 1 aromatic carbocycles. The number of urea groups is 1. The molecule has 2 aromatic rings. The first-order valence-electron chi connectivity index (χ1n) is 7.89. The van der Waals surface area contributed by atoms with Crippen LogP contribution in [0.5, 0.6) is 0 Å². The monoisotopic (exact) mass is 347 g/mol. The van der Waals surface area contributed by atoms with Crippen molar-refractivity contribution in [2.45, 2.75) is 25.7 Å². The number of piperidine rings is 1. The van der Waals surface area contributed by atoms with Crippen molar-refractivity contribution in [1.82, 2.24) is 15.0 Å². The molecule has 3 rings (SSSR count). The van der Waals surface area contributed by atoms with Crippen molar-refractivity contribution in [3.05, 3.63) is 41.3 Å². The summed E-state index contributed by atoms with van der Waals surface area (Å²) in [6.07, 6.45) is 1.66. The zero-order chi connectivity index (χ0) is 18.0. The number of amides is 3. The number of primary amides is 1. The third kappa shape index (κ3) is 3.76. The van der Waals surface area contributed by atoms with E-state index in [2.05, 4.69) is 15.5 Å². The molecule has 1 aliphatic heterocycles. The smallest absolute Gasteiger partial charge is 0.321 e. The highest BCUT2D eigenvalue weighted by Crippen LogP contribution is 2.26. The number of nitrogens with one attached hydrogen (secondary N) is 1. The van der Waals surface area contributed by atoms with Crippen molar-refractivity contribution in [1.29, 1.82) is 0 Å². The van der Waals surface area contributed by atoms with Crippen LogP contribution >= 0.6 is 0 Å². The molecule has 25 heavy (non-hydrogen) atoms. The summed E-state index contributed by atoms with van der Waals surface area (Å²) in [6, 6.07) is 3.35. The lowest BCUT2D eigenvalue weighted by Crippen LogP contribution is -2.41. The molecule has 3 N–H and O–H groups in total. The minimum absolute atomic E-state index is 0.0184. The van der Waals surface area contributed by atoms with E-state index < -0.39 is 11.7 Å². The largest absolute Gasteiger partial charge is 0.366 e. The predicted molar refractivity (Wildman–Crippen MR) is 86.5 cm³/mol. The van der Waals surface area contributed by atoms with Gasteiger partial charge in [-0.15, -0.1) is 0 Å². The summed E-state index contributed by atoms with van der Waals surface area (Å²) in [7, 11) is 0. The number of likely N-dealkylation sites (tertiary alicyclic amines) is 1. The van der Waals surface area contributed by atoms with Crippen LogP contribution in [0.3, 0.4) is 0 Å². The van der Waals surface area contributed by atoms with Crippen LogP contribution in [0.4, 0.5) is 14.9 Å². The summed E-state index contributed by atoms with van der Waals surface area (Å²) in [4.78, 5) is 29.5. The lowest BCUT2D eigenvalue weighted by molar-refractivity contribution is 0.0996. The van der Waals surface area contributed by atoms with Crippen LogP contribution in [-0.2, 0) is 0 Å². The van der Waals surface area contributed by atoms with E-state index in [1.165, 1.54) is 12.1 Å². The first kappa shape index (κ1) is 16.9. The molecule has 1 aromatic heterocycles. The molecule has 0 radical (unpaired) electrons. The molecular formula is C16H18FN5O3. The van der Waals surface area contributed by atoms with E-state index in [1.807, 2.05) is 0 Å². The number of nitrogens with zero attached hydrogens (tertiary/aromatic N) is 3. The van der Waals surface area contributed by atoms with Gasteiger partial charge in [0.25, 0.3) is 5.91 Å². The minimum Gasteiger partial charge on any atom is -0.366 e. The molecule has 9 heteroatoms. The zero-order valence-electron chi connectivity index (χ0n) is 13.7. The first-order valence-corrected chi connectivity index (χ1v) is 7.89. The Morgan fingerprint density at radius 3 is 2.92 bits per heavy atom. The second-order valence-corrected chi connectivity index (χ2v) is 5.95. The van der Waals surface area contributed by atoms with E-state index >= 15 is 0 Å². The quantitative estimate of drug-likeness (QED) is 0.881. The van der Waals surface area contributed by atoms with Gasteiger partial charge < -0.3 is 20.5 Å². The maximum Gasteiger partial charge on any atom is 0.321 e. The van der Waals surface area contributed by atoms with Crippen molar-refractivity contribution in [2.75, 3.05) is 18.4 Å². The van der Waals surface area contributed by atoms with Gasteiger partial charge in [-0.05, 0) is 38.0 Å². The number of halogens is 1. The molecule has 132 valence electrons. The Labute approximate surface area is 143 Å². The Morgan fingerprint density at radius 2 is 2.24 bits per heavy atom. The third-order valence-electron chi connectivity index (χ3n) is 4.08. The highest BCUT2D eigenvalue weighted by molar-refractivity contribution is 5.96. The van der Waals surface area contributed by atoms with Gasteiger partial charge in [0.2, 0.25) is 5.89 Å². The lowest BCUT2D eigenvalue weighted by Gasteiger charge is -2.31. The van der Waals surface area contributed by atoms with E-state index in [1.54, 1.807) is 11.8 Å². The number of aromatic nitrogens is 2. The molecule has 0 saturated carbocycles. The van der Waals surface area contributed by atoms with Crippen molar-refractivity contribution in [3.63, 3.8) is 0 Å². The molecule has 2 heterocycles. The van der Waals surface area contributed by atoms with Crippen LogP contribution in [0, 0.1) is 12.7 Å². The number of nitrogens with two attached hydrogens (primary N) is 1. The molecular weight excluding hydrogens is 329 g/mol. The number of carbonyl (C=O) groups is 2. The van der Waals surface area contributed by atoms with Crippen LogP contribution in [0.15, 0.2) is 22.7 Å². The van der Waals surface area contributed by atoms with Gasteiger partial charge >= 0.3 is 6.03 Å². The number of rotatable bonds is 3. The fourth-order valence-electron chi connectivity index (χ4n) is 2.84. The van der Waals surface area contributed by atoms with Crippen molar-refractivity contribution < 1.29 is 18.5 Å². The Morgan fingerprint density at radius 1 is 1.44 bits per heavy atom. The highest BCUT2D eigenvalue weighted by atomic mass is 19.1. The fraction of sp³-hybridized carbons (Fsp3) is 0.375. The summed E-state index contributed by atoms with van der Waals surface area (Å²) in [5.41, 5.74) is 5.15. The Bertz CT molecular complexity index is 807. The van der Waals surface area contributed by atoms with Gasteiger partial charge in [-0.3, -0.25) is 4.79 Å². The fourth-order valence-corrected chi connectivity index (χ4v) is 2.84. The molecule has 0 unspecified atom stereocenters. The van der Waals surface area contributed by atoms with E-state index in [0.717, 1.165) is 18.9 Å². The first-order chi connectivity index (χ1) is 11.9. The molecule has 1 atom stereocenters. The van der Waals surface area contributed by atoms with Crippen LogP contribution in [0.2, 0.25) is 0 Å². The second-order valence-electron chi connectivity index (χ2n) is 5.95. The second kappa shape index (κ2) is 6.88. The average Bonchev–Trinajstić information content (AvgIpc) is 3.03. The van der Waals surface area contributed by atoms with Crippen LogP contribution < -0.4 is 11.1 Å². The van der Waals surface area contributed by atoms with Gasteiger partial charge in [0.1, 0.15) is 5.82 Å². The van der Waals surface area contributed by atoms with Crippen LogP contribution in [0.25, 0.3) is 0 Å². The SMILES string of the molecule is Cc1noc([C@H]2CCCN(C(=O)Nc3ccc(F)c(C(N)=O)c3)C2)n1. The maximum atomic E-state index is 13.5. The number of hydrogen-bond acceptors (Lipinski definition) is 5. The molecule has 0 spiro atoms. The summed E-state index contributed by atoms with van der Waals surface area (Å²) >= 11 is 0. The van der Waals surface area contributed by atoms with E-state index in [9.17, 15) is 14.0 Å². The van der Waals surface area contributed by atoms with Crippen molar-refractivity contribution in [3.8, 4) is 0 Å². The summed E-state index contributed by atoms with van der Waals surface area (Å²) in [6.45, 7) is 2.77.